The van der Waals surface area contributed by atoms with Crippen LogP contribution in [0.25, 0.3) is 0 Å². The Labute approximate surface area is 79.0 Å². The van der Waals surface area contributed by atoms with Crippen molar-refractivity contribution in [3.05, 3.63) is 0 Å². The van der Waals surface area contributed by atoms with Crippen LogP contribution in [0.2, 0.25) is 0 Å². The van der Waals surface area contributed by atoms with Gasteiger partial charge in [-0.15, -0.1) is 0 Å². The van der Waals surface area contributed by atoms with Gasteiger partial charge in [0.25, 0.3) is 0 Å². The van der Waals surface area contributed by atoms with E-state index < -0.39 is 6.10 Å². The van der Waals surface area contributed by atoms with E-state index in [1.807, 2.05) is 0 Å². The second-order valence-electron chi connectivity index (χ2n) is 4.18. The first-order chi connectivity index (χ1) is 6.22. The summed E-state index contributed by atoms with van der Waals surface area (Å²) in [5.74, 6) is -0.333. The number of hydrogen-bond acceptors (Lipinski definition) is 3. The lowest BCUT2D eigenvalue weighted by molar-refractivity contribution is -0.194. The van der Waals surface area contributed by atoms with E-state index in [0.29, 0.717) is 6.61 Å². The maximum atomic E-state index is 9.36. The number of aliphatic hydroxyl groups is 1. The van der Waals surface area contributed by atoms with Gasteiger partial charge in [-0.1, -0.05) is 6.42 Å². The maximum absolute atomic E-state index is 9.36. The highest BCUT2D eigenvalue weighted by Gasteiger charge is 2.43. The summed E-state index contributed by atoms with van der Waals surface area (Å²) >= 11 is 0. The molecule has 1 N–H and O–H groups in total. The smallest absolute Gasteiger partial charge is 0.169 e. The van der Waals surface area contributed by atoms with Gasteiger partial charge in [-0.3, -0.25) is 0 Å². The molecule has 0 amide bonds. The van der Waals surface area contributed by atoms with Crippen molar-refractivity contribution >= 4 is 0 Å². The Morgan fingerprint density at radius 2 is 2.00 bits per heavy atom. The van der Waals surface area contributed by atoms with Crippen LogP contribution in [0, 0.1) is 0 Å². The molecule has 0 radical (unpaired) electrons. The predicted octanol–water partition coefficient (Wildman–Crippen LogP) is 1.44. The fraction of sp³-hybridized carbons (Fsp3) is 1.00. The summed E-state index contributed by atoms with van der Waals surface area (Å²) in [7, 11) is 0. The van der Waals surface area contributed by atoms with Crippen LogP contribution < -0.4 is 0 Å². The molecule has 3 nitrogen and oxygen atoms in total. The molecule has 0 bridgehead atoms. The Hall–Kier alpha value is -0.120. The number of rotatable bonds is 1. The largest absolute Gasteiger partial charge is 0.391 e. The third-order valence-corrected chi connectivity index (χ3v) is 3.03. The van der Waals surface area contributed by atoms with Crippen LogP contribution in [-0.4, -0.2) is 29.7 Å². The molecule has 2 fully saturated rings. The zero-order chi connectivity index (χ0) is 9.31. The molecule has 0 aromatic carbocycles. The Kier molecular flexibility index (Phi) is 2.58. The van der Waals surface area contributed by atoms with Gasteiger partial charge < -0.3 is 14.6 Å². The van der Waals surface area contributed by atoms with Gasteiger partial charge in [-0.05, 0) is 19.8 Å². The van der Waals surface area contributed by atoms with E-state index in [-0.39, 0.29) is 11.9 Å². The molecular weight excluding hydrogens is 168 g/mol. The number of hydrogen-bond donors (Lipinski definition) is 1. The summed E-state index contributed by atoms with van der Waals surface area (Å²) in [6.07, 6.45) is 5.12. The lowest BCUT2D eigenvalue weighted by atomic mass is 9.94. The van der Waals surface area contributed by atoms with Crippen molar-refractivity contribution in [3.63, 3.8) is 0 Å². The molecule has 13 heavy (non-hydrogen) atoms. The zero-order valence-corrected chi connectivity index (χ0v) is 8.16. The van der Waals surface area contributed by atoms with Gasteiger partial charge in [0.2, 0.25) is 0 Å². The summed E-state index contributed by atoms with van der Waals surface area (Å²) < 4.78 is 11.5. The topological polar surface area (TPSA) is 38.7 Å². The van der Waals surface area contributed by atoms with E-state index >= 15 is 0 Å². The standard InChI is InChI=1S/C10H18O3/c1-8(11)9-7-12-10(13-9)5-3-2-4-6-10/h8-9,11H,2-7H2,1H3. The normalized spacial score (nSPS) is 35.1. The van der Waals surface area contributed by atoms with Gasteiger partial charge in [0.15, 0.2) is 5.79 Å². The van der Waals surface area contributed by atoms with Crippen LogP contribution in [-0.2, 0) is 9.47 Å². The van der Waals surface area contributed by atoms with Crippen molar-refractivity contribution in [1.82, 2.24) is 0 Å². The van der Waals surface area contributed by atoms with Crippen LogP contribution in [0.5, 0.6) is 0 Å². The minimum atomic E-state index is -0.415. The van der Waals surface area contributed by atoms with Gasteiger partial charge in [-0.2, -0.15) is 0 Å². The number of aliphatic hydroxyl groups excluding tert-OH is 1. The molecule has 1 spiro atoms. The van der Waals surface area contributed by atoms with E-state index in [1.165, 1.54) is 19.3 Å². The first-order valence-corrected chi connectivity index (χ1v) is 5.22. The summed E-state index contributed by atoms with van der Waals surface area (Å²) in [6, 6.07) is 0. The van der Waals surface area contributed by atoms with Gasteiger partial charge in [-0.25, -0.2) is 0 Å². The first-order valence-electron chi connectivity index (χ1n) is 5.22. The third kappa shape index (κ3) is 1.87. The van der Waals surface area contributed by atoms with E-state index in [2.05, 4.69) is 0 Å². The molecule has 1 heterocycles. The second kappa shape index (κ2) is 3.56. The Balaban J connectivity index is 1.94. The SMILES string of the molecule is CC(O)C1COC2(CCCCC2)O1. The van der Waals surface area contributed by atoms with Crippen LogP contribution in [0.15, 0.2) is 0 Å². The van der Waals surface area contributed by atoms with Crippen LogP contribution in [0.1, 0.15) is 39.0 Å². The van der Waals surface area contributed by atoms with Crippen molar-refractivity contribution in [2.45, 2.75) is 57.0 Å². The van der Waals surface area contributed by atoms with Crippen LogP contribution in [0.4, 0.5) is 0 Å². The Morgan fingerprint density at radius 3 is 2.54 bits per heavy atom. The molecule has 3 heteroatoms. The lowest BCUT2D eigenvalue weighted by Gasteiger charge is -2.32. The van der Waals surface area contributed by atoms with E-state index in [1.54, 1.807) is 6.92 Å². The van der Waals surface area contributed by atoms with Crippen molar-refractivity contribution < 1.29 is 14.6 Å². The lowest BCUT2D eigenvalue weighted by Crippen LogP contribution is -2.35. The zero-order valence-electron chi connectivity index (χ0n) is 8.16. The molecule has 0 aromatic heterocycles. The Bertz CT molecular complexity index is 173. The Morgan fingerprint density at radius 1 is 1.31 bits per heavy atom. The predicted molar refractivity (Wildman–Crippen MR) is 48.3 cm³/mol. The average Bonchev–Trinajstić information content (AvgIpc) is 2.51. The molecule has 1 saturated heterocycles. The molecule has 1 aliphatic heterocycles. The molecular formula is C10H18O3. The van der Waals surface area contributed by atoms with Crippen LogP contribution >= 0.6 is 0 Å². The monoisotopic (exact) mass is 186 g/mol. The van der Waals surface area contributed by atoms with Crippen LogP contribution in [0.3, 0.4) is 0 Å². The summed E-state index contributed by atoms with van der Waals surface area (Å²) in [4.78, 5) is 0. The van der Waals surface area contributed by atoms with Gasteiger partial charge in [0.05, 0.1) is 12.7 Å². The van der Waals surface area contributed by atoms with E-state index in [9.17, 15) is 5.11 Å². The van der Waals surface area contributed by atoms with Crippen molar-refractivity contribution in [2.75, 3.05) is 6.61 Å². The first kappa shape index (κ1) is 9.44. The second-order valence-corrected chi connectivity index (χ2v) is 4.18. The van der Waals surface area contributed by atoms with Gasteiger partial charge in [0.1, 0.15) is 6.10 Å². The fourth-order valence-electron chi connectivity index (χ4n) is 2.17. The molecule has 0 aromatic rings. The van der Waals surface area contributed by atoms with Gasteiger partial charge >= 0.3 is 0 Å². The molecule has 2 aliphatic rings. The molecule has 2 unspecified atom stereocenters. The summed E-state index contributed by atoms with van der Waals surface area (Å²) in [6.45, 7) is 2.31. The highest BCUT2D eigenvalue weighted by Crippen LogP contribution is 2.38. The van der Waals surface area contributed by atoms with Gasteiger partial charge in [0, 0.05) is 12.8 Å². The minimum Gasteiger partial charge on any atom is -0.391 e. The molecule has 76 valence electrons. The van der Waals surface area contributed by atoms with Crippen molar-refractivity contribution in [1.29, 1.82) is 0 Å². The molecule has 1 aliphatic carbocycles. The molecule has 1 saturated carbocycles. The van der Waals surface area contributed by atoms with Crippen molar-refractivity contribution in [3.8, 4) is 0 Å². The third-order valence-electron chi connectivity index (χ3n) is 3.03. The minimum absolute atomic E-state index is 0.113. The number of ether oxygens (including phenoxy) is 2. The molecule has 2 atom stereocenters. The molecule has 2 rings (SSSR count). The van der Waals surface area contributed by atoms with Crippen molar-refractivity contribution in [2.24, 2.45) is 0 Å². The maximum Gasteiger partial charge on any atom is 0.169 e. The highest BCUT2D eigenvalue weighted by molar-refractivity contribution is 4.83. The summed E-state index contributed by atoms with van der Waals surface area (Å²) in [5, 5.41) is 9.36. The fourth-order valence-corrected chi connectivity index (χ4v) is 2.17. The quantitative estimate of drug-likeness (QED) is 0.673. The highest BCUT2D eigenvalue weighted by atomic mass is 16.7. The summed E-state index contributed by atoms with van der Waals surface area (Å²) in [5.41, 5.74) is 0. The van der Waals surface area contributed by atoms with E-state index in [0.717, 1.165) is 12.8 Å². The van der Waals surface area contributed by atoms with E-state index in [4.69, 9.17) is 9.47 Å². The average molecular weight is 186 g/mol.